The lowest BCUT2D eigenvalue weighted by atomic mass is 10.0. The second-order valence-corrected chi connectivity index (χ2v) is 7.21. The molecule has 0 fully saturated rings. The molecule has 0 radical (unpaired) electrons. The lowest BCUT2D eigenvalue weighted by molar-refractivity contribution is -0.136. The molecule has 0 N–H and O–H groups in total. The molecule has 144 valence electrons. The van der Waals surface area contributed by atoms with E-state index >= 15 is 0 Å². The van der Waals surface area contributed by atoms with Crippen LogP contribution in [-0.4, -0.2) is 15.3 Å². The molecule has 0 atom stereocenters. The van der Waals surface area contributed by atoms with Crippen molar-refractivity contribution < 1.29 is 22.2 Å². The van der Waals surface area contributed by atoms with E-state index in [1.54, 1.807) is 36.4 Å². The van der Waals surface area contributed by atoms with Crippen LogP contribution in [0, 0.1) is 0 Å². The molecule has 0 saturated heterocycles. The Balaban J connectivity index is 1.77. The van der Waals surface area contributed by atoms with Crippen molar-refractivity contribution in [2.75, 3.05) is 0 Å². The molecule has 0 aliphatic carbocycles. The Morgan fingerprint density at radius 2 is 1.62 bits per heavy atom. The Labute approximate surface area is 169 Å². The Hall–Kier alpha value is -3.20. The lowest BCUT2D eigenvalue weighted by Gasteiger charge is -2.07. The molecule has 9 heteroatoms. The number of fused-ring (bicyclic) bond motifs is 3. The van der Waals surface area contributed by atoms with Crippen molar-refractivity contribution in [1.82, 2.24) is 15.3 Å². The molecule has 5 aromatic rings. The summed E-state index contributed by atoms with van der Waals surface area (Å²) >= 11 is 3.36. The summed E-state index contributed by atoms with van der Waals surface area (Å²) in [6.45, 7) is 0. The molecule has 5 nitrogen and oxygen atoms in total. The molecule has 3 aromatic heterocycles. The van der Waals surface area contributed by atoms with E-state index in [2.05, 4.69) is 31.2 Å². The first-order valence-corrected chi connectivity index (χ1v) is 9.19. The van der Waals surface area contributed by atoms with Gasteiger partial charge in [-0.25, -0.2) is 0 Å². The summed E-state index contributed by atoms with van der Waals surface area (Å²) in [6, 6.07) is 13.4. The fourth-order valence-electron chi connectivity index (χ4n) is 3.22. The van der Waals surface area contributed by atoms with E-state index in [9.17, 15) is 13.2 Å². The predicted octanol–water partition coefficient (Wildman–Crippen LogP) is 6.48. The Morgan fingerprint density at radius 1 is 0.862 bits per heavy atom. The van der Waals surface area contributed by atoms with Gasteiger partial charge in [0.15, 0.2) is 0 Å². The van der Waals surface area contributed by atoms with Gasteiger partial charge in [0.2, 0.25) is 11.5 Å². The summed E-state index contributed by atoms with van der Waals surface area (Å²) < 4.78 is 53.0. The monoisotopic (exact) mass is 459 g/mol. The summed E-state index contributed by atoms with van der Waals surface area (Å²) in [5, 5.41) is 8.61. The summed E-state index contributed by atoms with van der Waals surface area (Å²) in [5.74, 6) is -0.698. The minimum atomic E-state index is -4.71. The average Bonchev–Trinajstić information content (AvgIpc) is 3.32. The van der Waals surface area contributed by atoms with Gasteiger partial charge >= 0.3 is 6.18 Å². The van der Waals surface area contributed by atoms with Gasteiger partial charge in [0.05, 0.1) is 10.9 Å². The van der Waals surface area contributed by atoms with Crippen LogP contribution in [-0.2, 0) is 6.18 Å². The summed E-state index contributed by atoms with van der Waals surface area (Å²) in [5.41, 5.74) is -0.0198. The molecule has 0 bridgehead atoms. The third kappa shape index (κ3) is 2.89. The zero-order valence-corrected chi connectivity index (χ0v) is 16.0. The SMILES string of the molecule is FC(F)(F)c1c(-c2ccccc2)noc1-c1onc2c1cnc1cc(Br)ccc12. The Morgan fingerprint density at radius 3 is 2.38 bits per heavy atom. The Bertz CT molecular complexity index is 1360. The minimum absolute atomic E-state index is 0.167. The van der Waals surface area contributed by atoms with Crippen LogP contribution in [0.2, 0.25) is 0 Å². The van der Waals surface area contributed by atoms with E-state index in [0.717, 1.165) is 4.47 Å². The molecule has 0 saturated carbocycles. The van der Waals surface area contributed by atoms with E-state index in [1.165, 1.54) is 18.3 Å². The maximum Gasteiger partial charge on any atom is 0.422 e. The van der Waals surface area contributed by atoms with Gasteiger partial charge in [0, 0.05) is 21.6 Å². The third-order valence-corrected chi connectivity index (χ3v) is 5.00. The first-order valence-electron chi connectivity index (χ1n) is 8.40. The van der Waals surface area contributed by atoms with Gasteiger partial charge in [-0.05, 0) is 18.2 Å². The van der Waals surface area contributed by atoms with Gasteiger partial charge in [0.25, 0.3) is 0 Å². The second-order valence-electron chi connectivity index (χ2n) is 6.29. The van der Waals surface area contributed by atoms with Crippen LogP contribution in [0.5, 0.6) is 0 Å². The smallest absolute Gasteiger partial charge is 0.351 e. The van der Waals surface area contributed by atoms with Crippen LogP contribution < -0.4 is 0 Å². The van der Waals surface area contributed by atoms with Gasteiger partial charge in [-0.3, -0.25) is 4.98 Å². The fourth-order valence-corrected chi connectivity index (χ4v) is 3.57. The number of hydrogen-bond acceptors (Lipinski definition) is 5. The van der Waals surface area contributed by atoms with E-state index in [4.69, 9.17) is 9.05 Å². The average molecular weight is 460 g/mol. The predicted molar refractivity (Wildman–Crippen MR) is 103 cm³/mol. The molecule has 0 spiro atoms. The van der Waals surface area contributed by atoms with Gasteiger partial charge in [-0.2, -0.15) is 13.2 Å². The summed E-state index contributed by atoms with van der Waals surface area (Å²) in [4.78, 5) is 4.31. The molecule has 0 unspecified atom stereocenters. The third-order valence-electron chi connectivity index (χ3n) is 4.50. The fraction of sp³-hybridized carbons (Fsp3) is 0.0500. The van der Waals surface area contributed by atoms with Crippen molar-refractivity contribution in [3.63, 3.8) is 0 Å². The molecular weight excluding hydrogens is 451 g/mol. The van der Waals surface area contributed by atoms with E-state index in [-0.39, 0.29) is 17.0 Å². The number of nitrogens with zero attached hydrogens (tertiary/aromatic N) is 3. The molecule has 29 heavy (non-hydrogen) atoms. The largest absolute Gasteiger partial charge is 0.422 e. The Kier molecular flexibility index (Phi) is 3.95. The van der Waals surface area contributed by atoms with Gasteiger partial charge < -0.3 is 9.05 Å². The van der Waals surface area contributed by atoms with Crippen molar-refractivity contribution in [2.24, 2.45) is 0 Å². The standard InChI is InChI=1S/C20H9BrF3N3O2/c21-11-6-7-12-14(8-11)25-9-13-17(12)27-28-18(13)19-15(20(22,23)24)16(26-29-19)10-4-2-1-3-5-10/h1-9H. The quantitative estimate of drug-likeness (QED) is 0.302. The molecule has 3 heterocycles. The highest BCUT2D eigenvalue weighted by molar-refractivity contribution is 9.10. The van der Waals surface area contributed by atoms with Crippen LogP contribution in [0.3, 0.4) is 0 Å². The van der Waals surface area contributed by atoms with E-state index < -0.39 is 17.5 Å². The van der Waals surface area contributed by atoms with Crippen molar-refractivity contribution in [3.8, 4) is 22.8 Å². The number of benzene rings is 2. The molecule has 2 aromatic carbocycles. The van der Waals surface area contributed by atoms with Crippen molar-refractivity contribution >= 4 is 37.7 Å². The lowest BCUT2D eigenvalue weighted by Crippen LogP contribution is -2.07. The molecule has 5 rings (SSSR count). The number of halogens is 4. The first kappa shape index (κ1) is 17.9. The van der Waals surface area contributed by atoms with Gasteiger partial charge in [-0.15, -0.1) is 0 Å². The zero-order chi connectivity index (χ0) is 20.2. The van der Waals surface area contributed by atoms with Gasteiger partial charge in [-0.1, -0.05) is 56.6 Å². The highest BCUT2D eigenvalue weighted by atomic mass is 79.9. The van der Waals surface area contributed by atoms with Crippen LogP contribution in [0.15, 0.2) is 68.2 Å². The van der Waals surface area contributed by atoms with E-state index in [1.807, 2.05) is 0 Å². The molecule has 0 aliphatic heterocycles. The molecule has 0 amide bonds. The summed E-state index contributed by atoms with van der Waals surface area (Å²) in [7, 11) is 0. The number of aromatic nitrogens is 3. The van der Waals surface area contributed by atoms with Crippen LogP contribution in [0.1, 0.15) is 5.56 Å². The zero-order valence-electron chi connectivity index (χ0n) is 14.4. The van der Waals surface area contributed by atoms with E-state index in [0.29, 0.717) is 21.8 Å². The maximum absolute atomic E-state index is 13.9. The second kappa shape index (κ2) is 6.41. The van der Waals surface area contributed by atoms with Crippen molar-refractivity contribution in [3.05, 3.63) is 64.8 Å². The van der Waals surface area contributed by atoms with Crippen LogP contribution >= 0.6 is 15.9 Å². The number of alkyl halides is 3. The molecule has 0 aliphatic rings. The highest BCUT2D eigenvalue weighted by Gasteiger charge is 2.42. The number of hydrogen-bond donors (Lipinski definition) is 0. The highest BCUT2D eigenvalue weighted by Crippen LogP contribution is 2.45. The molecular formula is C20H9BrF3N3O2. The number of rotatable bonds is 2. The van der Waals surface area contributed by atoms with Crippen LogP contribution in [0.4, 0.5) is 13.2 Å². The maximum atomic E-state index is 13.9. The van der Waals surface area contributed by atoms with Crippen molar-refractivity contribution in [2.45, 2.75) is 6.18 Å². The normalized spacial score (nSPS) is 12.1. The minimum Gasteiger partial charge on any atom is -0.351 e. The number of pyridine rings is 1. The summed E-state index contributed by atoms with van der Waals surface area (Å²) in [6.07, 6.45) is -3.30. The van der Waals surface area contributed by atoms with Crippen molar-refractivity contribution in [1.29, 1.82) is 0 Å². The first-order chi connectivity index (χ1) is 13.9. The van der Waals surface area contributed by atoms with Crippen LogP contribution in [0.25, 0.3) is 44.6 Å². The topological polar surface area (TPSA) is 65.0 Å². The van der Waals surface area contributed by atoms with Gasteiger partial charge in [0.1, 0.15) is 16.8 Å².